The van der Waals surface area contributed by atoms with Crippen molar-refractivity contribution >= 4 is 17.9 Å². The van der Waals surface area contributed by atoms with Crippen molar-refractivity contribution in [2.75, 3.05) is 6.54 Å². The molecule has 2 aromatic rings. The number of rotatable bonds is 5. The van der Waals surface area contributed by atoms with Crippen molar-refractivity contribution in [1.82, 2.24) is 9.99 Å². The van der Waals surface area contributed by atoms with Crippen LogP contribution in [0.4, 0.5) is 5.69 Å². The van der Waals surface area contributed by atoms with Crippen LogP contribution < -0.4 is 11.2 Å². The number of aromatic nitrogens is 1. The fourth-order valence-corrected chi connectivity index (χ4v) is 1.91. The van der Waals surface area contributed by atoms with Crippen molar-refractivity contribution in [3.05, 3.63) is 58.4 Å². The number of hydrazone groups is 1. The highest BCUT2D eigenvalue weighted by Crippen LogP contribution is 2.23. The summed E-state index contributed by atoms with van der Waals surface area (Å²) in [5.74, 6) is 0.211. The quantitative estimate of drug-likeness (QED) is 0.378. The van der Waals surface area contributed by atoms with Crippen LogP contribution in [0.3, 0.4) is 0 Å². The summed E-state index contributed by atoms with van der Waals surface area (Å²) in [6, 6.07) is 10.1. The molecule has 3 N–H and O–H groups in total. The van der Waals surface area contributed by atoms with E-state index < -0.39 is 4.92 Å². The molecule has 1 aromatic heterocycles. The number of nitro benzene ring substituents is 1. The van der Waals surface area contributed by atoms with E-state index in [2.05, 4.69) is 15.5 Å². The van der Waals surface area contributed by atoms with Gasteiger partial charge >= 0.3 is 0 Å². The first-order chi connectivity index (χ1) is 10.6. The summed E-state index contributed by atoms with van der Waals surface area (Å²) in [6.07, 6.45) is 3.25. The Hall–Kier alpha value is -3.16. The van der Waals surface area contributed by atoms with Crippen molar-refractivity contribution in [2.24, 2.45) is 15.8 Å². The molecule has 8 nitrogen and oxygen atoms in total. The average Bonchev–Trinajstić information content (AvgIpc) is 2.96. The van der Waals surface area contributed by atoms with Crippen LogP contribution in [0.5, 0.6) is 0 Å². The second-order valence-corrected chi connectivity index (χ2v) is 4.28. The van der Waals surface area contributed by atoms with Crippen LogP contribution >= 0.6 is 0 Å². The van der Waals surface area contributed by atoms with Crippen molar-refractivity contribution in [3.8, 4) is 5.69 Å². The summed E-state index contributed by atoms with van der Waals surface area (Å²) >= 11 is 0. The standard InChI is InChI=1S/C14H16N6O2/c1-2-16-14(15)18-17-10-11-6-5-9-19(11)12-7-3-4-8-13(12)20(21)22/h3-10H,2H2,1H3,(H3,15,16,18)/b17-10+. The lowest BCUT2D eigenvalue weighted by molar-refractivity contribution is -0.384. The van der Waals surface area contributed by atoms with Crippen molar-refractivity contribution in [2.45, 2.75) is 6.92 Å². The first-order valence-electron chi connectivity index (χ1n) is 6.63. The van der Waals surface area contributed by atoms with Crippen LogP contribution in [-0.4, -0.2) is 28.2 Å². The third-order valence-electron chi connectivity index (χ3n) is 2.82. The number of guanidine groups is 1. The Morgan fingerprint density at radius 3 is 2.91 bits per heavy atom. The zero-order chi connectivity index (χ0) is 15.9. The molecule has 114 valence electrons. The van der Waals surface area contributed by atoms with Gasteiger partial charge in [-0.15, -0.1) is 0 Å². The summed E-state index contributed by atoms with van der Waals surface area (Å²) in [5, 5.41) is 15.1. The van der Waals surface area contributed by atoms with Gasteiger partial charge in [0.15, 0.2) is 0 Å². The van der Waals surface area contributed by atoms with Gasteiger partial charge in [0.25, 0.3) is 5.69 Å². The first kappa shape index (κ1) is 15.2. The van der Waals surface area contributed by atoms with Gasteiger partial charge in [-0.3, -0.25) is 15.1 Å². The molecule has 0 saturated carbocycles. The van der Waals surface area contributed by atoms with E-state index in [0.29, 0.717) is 17.9 Å². The van der Waals surface area contributed by atoms with Crippen LogP contribution in [0.25, 0.3) is 5.69 Å². The van der Waals surface area contributed by atoms with Gasteiger partial charge in [-0.25, -0.2) is 5.43 Å². The third kappa shape index (κ3) is 3.48. The highest BCUT2D eigenvalue weighted by Gasteiger charge is 2.15. The number of hydrogen-bond acceptors (Lipinski definition) is 4. The molecule has 1 heterocycles. The number of nitrogens with two attached hydrogens (primary N) is 1. The Morgan fingerprint density at radius 1 is 1.41 bits per heavy atom. The summed E-state index contributed by atoms with van der Waals surface area (Å²) in [4.78, 5) is 14.6. The Labute approximate surface area is 127 Å². The minimum atomic E-state index is -0.416. The van der Waals surface area contributed by atoms with Gasteiger partial charge in [0.2, 0.25) is 5.96 Å². The summed E-state index contributed by atoms with van der Waals surface area (Å²) < 4.78 is 1.68. The fourth-order valence-electron chi connectivity index (χ4n) is 1.91. The van der Waals surface area contributed by atoms with E-state index in [4.69, 9.17) is 5.73 Å². The zero-order valence-corrected chi connectivity index (χ0v) is 12.0. The van der Waals surface area contributed by atoms with E-state index in [1.807, 2.05) is 6.92 Å². The van der Waals surface area contributed by atoms with E-state index in [1.54, 1.807) is 41.1 Å². The van der Waals surface area contributed by atoms with Gasteiger partial charge in [-0.1, -0.05) is 12.1 Å². The van der Waals surface area contributed by atoms with E-state index in [0.717, 1.165) is 0 Å². The summed E-state index contributed by atoms with van der Waals surface area (Å²) in [7, 11) is 0. The average molecular weight is 300 g/mol. The number of nitro groups is 1. The summed E-state index contributed by atoms with van der Waals surface area (Å²) in [6.45, 7) is 2.42. The van der Waals surface area contributed by atoms with E-state index in [9.17, 15) is 10.1 Å². The molecule has 0 fully saturated rings. The minimum absolute atomic E-state index is 0.0216. The molecule has 0 unspecified atom stereocenters. The second-order valence-electron chi connectivity index (χ2n) is 4.28. The molecule has 0 aliphatic rings. The topological polar surface area (TPSA) is 111 Å². The Balaban J connectivity index is 2.29. The number of benzene rings is 1. The Kier molecular flexibility index (Phi) is 4.86. The maximum atomic E-state index is 11.1. The molecule has 22 heavy (non-hydrogen) atoms. The molecular formula is C14H16N6O2. The van der Waals surface area contributed by atoms with Crippen molar-refractivity contribution in [3.63, 3.8) is 0 Å². The molecule has 8 heteroatoms. The van der Waals surface area contributed by atoms with Gasteiger partial charge in [0.05, 0.1) is 16.8 Å². The summed E-state index contributed by atoms with van der Waals surface area (Å²) in [5.41, 5.74) is 9.31. The molecule has 0 radical (unpaired) electrons. The predicted molar refractivity (Wildman–Crippen MR) is 85.3 cm³/mol. The van der Waals surface area contributed by atoms with Gasteiger partial charge in [0, 0.05) is 18.8 Å². The number of aliphatic imine (C=N–C) groups is 1. The molecule has 0 spiro atoms. The van der Waals surface area contributed by atoms with Crippen molar-refractivity contribution in [1.29, 1.82) is 0 Å². The van der Waals surface area contributed by atoms with E-state index in [1.165, 1.54) is 12.3 Å². The maximum Gasteiger partial charge on any atom is 0.293 e. The molecule has 1 aromatic carbocycles. The molecule has 0 aliphatic heterocycles. The maximum absolute atomic E-state index is 11.1. The number of nitrogens with zero attached hydrogens (tertiary/aromatic N) is 4. The Morgan fingerprint density at radius 2 is 2.18 bits per heavy atom. The molecule has 0 amide bonds. The van der Waals surface area contributed by atoms with Crippen molar-refractivity contribution < 1.29 is 4.92 Å². The Bertz CT molecular complexity index is 720. The SMILES string of the molecule is CCN=C(N)N/N=C/c1cccn1-c1ccccc1[N+](=O)[O-]. The van der Waals surface area contributed by atoms with Gasteiger partial charge in [-0.2, -0.15) is 5.10 Å². The van der Waals surface area contributed by atoms with Crippen LogP contribution in [0.1, 0.15) is 12.6 Å². The molecule has 0 saturated heterocycles. The van der Waals surface area contributed by atoms with E-state index in [-0.39, 0.29) is 11.6 Å². The lowest BCUT2D eigenvalue weighted by Gasteiger charge is -2.06. The lowest BCUT2D eigenvalue weighted by atomic mass is 10.2. The van der Waals surface area contributed by atoms with Crippen LogP contribution in [0.2, 0.25) is 0 Å². The molecule has 0 atom stereocenters. The van der Waals surface area contributed by atoms with Gasteiger partial charge < -0.3 is 10.3 Å². The smallest absolute Gasteiger partial charge is 0.293 e. The molecule has 0 bridgehead atoms. The van der Waals surface area contributed by atoms with Crippen LogP contribution in [-0.2, 0) is 0 Å². The van der Waals surface area contributed by atoms with E-state index >= 15 is 0 Å². The van der Waals surface area contributed by atoms with Crippen LogP contribution in [0, 0.1) is 10.1 Å². The minimum Gasteiger partial charge on any atom is -0.369 e. The third-order valence-corrected chi connectivity index (χ3v) is 2.82. The predicted octanol–water partition coefficient (Wildman–Crippen LogP) is 1.64. The number of nitrogens with one attached hydrogen (secondary N) is 1. The monoisotopic (exact) mass is 300 g/mol. The first-order valence-corrected chi connectivity index (χ1v) is 6.63. The van der Waals surface area contributed by atoms with Crippen LogP contribution in [0.15, 0.2) is 52.7 Å². The zero-order valence-electron chi connectivity index (χ0n) is 12.0. The number of para-hydroxylation sites is 2. The normalized spacial score (nSPS) is 11.8. The van der Waals surface area contributed by atoms with Gasteiger partial charge in [0.1, 0.15) is 5.69 Å². The van der Waals surface area contributed by atoms with Gasteiger partial charge in [-0.05, 0) is 25.1 Å². The fraction of sp³-hybridized carbons (Fsp3) is 0.143. The lowest BCUT2D eigenvalue weighted by Crippen LogP contribution is -2.27. The molecule has 0 aliphatic carbocycles. The molecular weight excluding hydrogens is 284 g/mol. The highest BCUT2D eigenvalue weighted by atomic mass is 16.6. The molecule has 2 rings (SSSR count). The largest absolute Gasteiger partial charge is 0.369 e. The second kappa shape index (κ2) is 7.02. The number of hydrogen-bond donors (Lipinski definition) is 2. The highest BCUT2D eigenvalue weighted by molar-refractivity contribution is 5.82.